The number of H-pyrrole nitrogens is 1. The van der Waals surface area contributed by atoms with Crippen LogP contribution in [0.3, 0.4) is 0 Å². The fraction of sp³-hybridized carbons (Fsp3) is 0.538. The molecule has 2 aromatic rings. The highest BCUT2D eigenvalue weighted by atomic mass is 32.2. The number of rotatable bonds is 6. The molecule has 2 aromatic heterocycles. The summed E-state index contributed by atoms with van der Waals surface area (Å²) in [6.07, 6.45) is 0.129. The van der Waals surface area contributed by atoms with Gasteiger partial charge in [0.1, 0.15) is 11.5 Å². The molecule has 1 fully saturated rings. The van der Waals surface area contributed by atoms with Crippen LogP contribution >= 0.6 is 19.6 Å². The number of fused-ring (bicyclic) bond motifs is 1. The van der Waals surface area contributed by atoms with Crippen LogP contribution in [0.2, 0.25) is 0 Å². The maximum absolute atomic E-state index is 12.2. The predicted octanol–water partition coefficient (Wildman–Crippen LogP) is -1.21. The van der Waals surface area contributed by atoms with Crippen LogP contribution in [0.25, 0.3) is 11.2 Å². The lowest BCUT2D eigenvalue weighted by Gasteiger charge is -2.17. The summed E-state index contributed by atoms with van der Waals surface area (Å²) >= 11 is 1.03. The number of hydrogen-bond donors (Lipinski definition) is 5. The van der Waals surface area contributed by atoms with Crippen molar-refractivity contribution in [2.75, 3.05) is 20.7 Å². The number of aliphatic imine (C=N–C) groups is 1. The Hall–Kier alpha value is -1.80. The van der Waals surface area contributed by atoms with E-state index in [-0.39, 0.29) is 17.1 Å². The molecule has 0 aromatic carbocycles. The fourth-order valence-electron chi connectivity index (χ4n) is 2.60. The number of aromatic nitrogens is 4. The molecule has 4 atom stereocenters. The van der Waals surface area contributed by atoms with Gasteiger partial charge in [-0.3, -0.25) is 18.9 Å². The molecule has 0 aliphatic carbocycles. The van der Waals surface area contributed by atoms with Gasteiger partial charge in [-0.2, -0.15) is 4.98 Å². The van der Waals surface area contributed by atoms with Crippen molar-refractivity contribution >= 4 is 43.0 Å². The summed E-state index contributed by atoms with van der Waals surface area (Å²) in [4.78, 5) is 46.3. The second-order valence-corrected chi connectivity index (χ2v) is 8.85. The maximum Gasteiger partial charge on any atom is 0.469 e. The number of phosphoric ester groups is 1. The van der Waals surface area contributed by atoms with E-state index >= 15 is 0 Å². The van der Waals surface area contributed by atoms with Crippen LogP contribution in [0.15, 0.2) is 16.1 Å². The summed E-state index contributed by atoms with van der Waals surface area (Å²) in [7, 11) is -1.22. The largest absolute Gasteiger partial charge is 0.469 e. The zero-order valence-electron chi connectivity index (χ0n) is 14.8. The molecule has 154 valence electrons. The molecule has 28 heavy (non-hydrogen) atoms. The first kappa shape index (κ1) is 20.9. The number of nitrogens with zero attached hydrogens (tertiary/aromatic N) is 5. The summed E-state index contributed by atoms with van der Waals surface area (Å²) in [5.74, 6) is 0.0346. The average Bonchev–Trinajstić information content (AvgIpc) is 3.13. The Morgan fingerprint density at radius 3 is 2.79 bits per heavy atom. The van der Waals surface area contributed by atoms with E-state index in [2.05, 4.69) is 24.5 Å². The molecule has 3 rings (SSSR count). The Morgan fingerprint density at radius 1 is 1.43 bits per heavy atom. The van der Waals surface area contributed by atoms with Crippen LogP contribution in [0.4, 0.5) is 5.95 Å². The molecule has 1 aliphatic rings. The number of imidazole rings is 1. The number of aliphatic hydroxyl groups is 2. The van der Waals surface area contributed by atoms with Crippen molar-refractivity contribution in [3.8, 4) is 0 Å². The van der Waals surface area contributed by atoms with Gasteiger partial charge in [-0.15, -0.1) is 11.8 Å². The van der Waals surface area contributed by atoms with E-state index in [0.29, 0.717) is 0 Å². The predicted molar refractivity (Wildman–Crippen MR) is 100 cm³/mol. The monoisotopic (exact) mass is 434 g/mol. The van der Waals surface area contributed by atoms with Crippen molar-refractivity contribution in [1.29, 1.82) is 0 Å². The van der Waals surface area contributed by atoms with E-state index in [1.165, 1.54) is 17.2 Å². The topological polar surface area (TPSA) is 186 Å². The third-order valence-electron chi connectivity index (χ3n) is 3.85. The molecule has 0 radical (unpaired) electrons. The molecule has 15 heteroatoms. The molecule has 0 spiro atoms. The highest BCUT2D eigenvalue weighted by molar-refractivity contribution is 8.00. The van der Waals surface area contributed by atoms with E-state index in [0.717, 1.165) is 11.8 Å². The quantitative estimate of drug-likeness (QED) is 0.208. The van der Waals surface area contributed by atoms with Crippen LogP contribution in [0, 0.1) is 0 Å². The van der Waals surface area contributed by atoms with E-state index in [4.69, 9.17) is 9.79 Å². The lowest BCUT2D eigenvalue weighted by molar-refractivity contribution is 0.0111. The third kappa shape index (κ3) is 4.43. The summed E-state index contributed by atoms with van der Waals surface area (Å²) in [6.45, 7) is -0.470. The molecule has 1 aliphatic heterocycles. The minimum absolute atomic E-state index is 0.0287. The van der Waals surface area contributed by atoms with Gasteiger partial charge in [-0.25, -0.2) is 14.5 Å². The van der Waals surface area contributed by atoms with Crippen molar-refractivity contribution in [3.63, 3.8) is 0 Å². The second kappa shape index (κ2) is 7.91. The molecular weight excluding hydrogens is 415 g/mol. The fourth-order valence-corrected chi connectivity index (χ4v) is 4.49. The first-order valence-corrected chi connectivity index (χ1v) is 10.4. The van der Waals surface area contributed by atoms with Crippen LogP contribution < -0.4 is 5.56 Å². The molecular formula is C13H19N6O7PS. The van der Waals surface area contributed by atoms with Gasteiger partial charge >= 0.3 is 7.82 Å². The van der Waals surface area contributed by atoms with Crippen molar-refractivity contribution in [2.24, 2.45) is 4.99 Å². The van der Waals surface area contributed by atoms with Crippen LogP contribution in [0.5, 0.6) is 0 Å². The highest BCUT2D eigenvalue weighted by Gasteiger charge is 2.44. The summed E-state index contributed by atoms with van der Waals surface area (Å²) < 4.78 is 16.7. The first-order valence-electron chi connectivity index (χ1n) is 7.96. The number of nitrogens with one attached hydrogen (secondary N) is 1. The average molecular weight is 434 g/mol. The summed E-state index contributed by atoms with van der Waals surface area (Å²) in [5, 5.41) is 19.0. The van der Waals surface area contributed by atoms with E-state index in [1.54, 1.807) is 19.0 Å². The standard InChI is InChI=1S/C13H19N6O7PS/c1-18(2)4-15-13-16-10-7(11(22)17-13)14-5-19(10)12-9(21)8(20)6(28-12)3-26-27(23,24)25/h4-6,8-9,12,20-21H,3H2,1-2H3,(H,16,17,22)(H2,23,24,25)/t6-,8-,9-,12-/m1/s1. The van der Waals surface area contributed by atoms with Crippen molar-refractivity contribution in [1.82, 2.24) is 24.4 Å². The Balaban J connectivity index is 1.92. The van der Waals surface area contributed by atoms with Gasteiger partial charge in [0.25, 0.3) is 5.56 Å². The van der Waals surface area contributed by atoms with E-state index in [1.807, 2.05) is 0 Å². The summed E-state index contributed by atoms with van der Waals surface area (Å²) in [6, 6.07) is 0. The number of aromatic amines is 1. The Labute approximate surface area is 162 Å². The second-order valence-electron chi connectivity index (χ2n) is 6.25. The Morgan fingerprint density at radius 2 is 2.14 bits per heavy atom. The Kier molecular flexibility index (Phi) is 5.91. The lowest BCUT2D eigenvalue weighted by atomic mass is 10.1. The van der Waals surface area contributed by atoms with Gasteiger partial charge in [0, 0.05) is 14.1 Å². The SMILES string of the molecule is CN(C)C=Nc1nc2c(ncn2[C@@H]2S[C@H](COP(=O)(O)O)[C@@H](O)[C@H]2O)c(=O)[nH]1. The Bertz CT molecular complexity index is 987. The van der Waals surface area contributed by atoms with Crippen molar-refractivity contribution in [2.45, 2.75) is 22.8 Å². The van der Waals surface area contributed by atoms with Crippen molar-refractivity contribution in [3.05, 3.63) is 16.7 Å². The van der Waals surface area contributed by atoms with Gasteiger partial charge in [0.2, 0.25) is 5.95 Å². The van der Waals surface area contributed by atoms with Crippen LogP contribution in [-0.4, -0.2) is 88.9 Å². The number of aliphatic hydroxyl groups excluding tert-OH is 2. The first-order chi connectivity index (χ1) is 13.1. The molecule has 0 bridgehead atoms. The van der Waals surface area contributed by atoms with Gasteiger partial charge in [-0.05, 0) is 0 Å². The third-order valence-corrected chi connectivity index (χ3v) is 5.88. The zero-order chi connectivity index (χ0) is 20.6. The molecule has 3 heterocycles. The number of hydrogen-bond acceptors (Lipinski definition) is 9. The van der Waals surface area contributed by atoms with Gasteiger partial charge in [0.15, 0.2) is 11.2 Å². The van der Waals surface area contributed by atoms with Crippen molar-refractivity contribution < 1.29 is 29.1 Å². The summed E-state index contributed by atoms with van der Waals surface area (Å²) in [5.41, 5.74) is -0.343. The molecule has 0 amide bonds. The maximum atomic E-state index is 12.2. The number of phosphoric acid groups is 1. The van der Waals surface area contributed by atoms with Gasteiger partial charge in [-0.1, -0.05) is 0 Å². The van der Waals surface area contributed by atoms with E-state index < -0.39 is 42.8 Å². The molecule has 13 nitrogen and oxygen atoms in total. The molecule has 0 saturated carbocycles. The van der Waals surface area contributed by atoms with Crippen LogP contribution in [-0.2, 0) is 9.09 Å². The van der Waals surface area contributed by atoms with Crippen LogP contribution in [0.1, 0.15) is 5.37 Å². The zero-order valence-corrected chi connectivity index (χ0v) is 16.5. The lowest BCUT2D eigenvalue weighted by Crippen LogP contribution is -2.33. The smallest absolute Gasteiger partial charge is 0.389 e. The molecule has 1 saturated heterocycles. The highest BCUT2D eigenvalue weighted by Crippen LogP contribution is 2.45. The normalized spacial score (nSPS) is 25.8. The van der Waals surface area contributed by atoms with E-state index in [9.17, 15) is 19.6 Å². The minimum Gasteiger partial charge on any atom is -0.389 e. The molecule has 5 N–H and O–H groups in total. The van der Waals surface area contributed by atoms with Gasteiger partial charge < -0.3 is 24.9 Å². The number of thioether (sulfide) groups is 1. The minimum atomic E-state index is -4.72. The van der Waals surface area contributed by atoms with Gasteiger partial charge in [0.05, 0.1) is 30.6 Å². The molecule has 0 unspecified atom stereocenters.